The van der Waals surface area contributed by atoms with E-state index in [0.717, 1.165) is 0 Å². The maximum absolute atomic E-state index is 11.3. The number of aromatic nitrogens is 3. The normalized spacial score (nSPS) is 11.9. The number of carbonyl (C=O) groups is 1. The van der Waals surface area contributed by atoms with E-state index >= 15 is 0 Å². The van der Waals surface area contributed by atoms with Crippen LogP contribution in [0.3, 0.4) is 0 Å². The van der Waals surface area contributed by atoms with E-state index in [4.69, 9.17) is 17.3 Å². The molecule has 2 aromatic rings. The predicted molar refractivity (Wildman–Crippen MR) is 60.2 cm³/mol. The third kappa shape index (κ3) is 1.63. The lowest BCUT2D eigenvalue weighted by molar-refractivity contribution is -0.122. The Morgan fingerprint density at radius 1 is 1.50 bits per heavy atom. The van der Waals surface area contributed by atoms with Crippen LogP contribution in [0.4, 0.5) is 0 Å². The topological polar surface area (TPSA) is 73.3 Å². The third-order valence-corrected chi connectivity index (χ3v) is 2.75. The summed E-state index contributed by atoms with van der Waals surface area (Å²) >= 11 is 5.75. The van der Waals surface area contributed by atoms with Crippen molar-refractivity contribution in [2.24, 2.45) is 5.73 Å². The molecule has 0 bridgehead atoms. The van der Waals surface area contributed by atoms with E-state index in [-0.39, 0.29) is 0 Å². The van der Waals surface area contributed by atoms with Gasteiger partial charge in [0.15, 0.2) is 5.65 Å². The van der Waals surface area contributed by atoms with Crippen LogP contribution in [0.5, 0.6) is 0 Å². The molecule has 2 rings (SSSR count). The molecule has 0 spiro atoms. The molecule has 1 amide bonds. The van der Waals surface area contributed by atoms with E-state index in [1.54, 1.807) is 32.2 Å². The number of primary amides is 1. The predicted octanol–water partition coefficient (Wildman–Crippen LogP) is 1.15. The van der Waals surface area contributed by atoms with Gasteiger partial charge in [0.05, 0.1) is 17.3 Å². The number of imidazole rings is 1. The van der Waals surface area contributed by atoms with Crippen molar-refractivity contribution < 1.29 is 4.79 Å². The van der Waals surface area contributed by atoms with Gasteiger partial charge in [0, 0.05) is 0 Å². The fraction of sp³-hybridized carbons (Fsp3) is 0.300. The number of hydrogen-bond donors (Lipinski definition) is 1. The highest BCUT2D eigenvalue weighted by atomic mass is 35.5. The van der Waals surface area contributed by atoms with Crippen molar-refractivity contribution in [2.45, 2.75) is 19.3 Å². The van der Waals surface area contributed by atoms with Gasteiger partial charge in [-0.3, -0.25) is 4.79 Å². The van der Waals surface area contributed by atoms with Gasteiger partial charge in [0.25, 0.3) is 0 Å². The van der Waals surface area contributed by atoms with Crippen LogP contribution in [0.25, 0.3) is 5.65 Å². The molecule has 2 aromatic heterocycles. The summed E-state index contributed by atoms with van der Waals surface area (Å²) in [5.74, 6) is -0.429. The molecule has 84 valence electrons. The van der Waals surface area contributed by atoms with Crippen LogP contribution >= 0.6 is 11.6 Å². The SMILES string of the molecule is CC(C)(C(N)=O)c1cn2nc(Cl)ccc2n1. The molecule has 5 nitrogen and oxygen atoms in total. The van der Waals surface area contributed by atoms with Crippen molar-refractivity contribution in [3.63, 3.8) is 0 Å². The Bertz CT molecular complexity index is 561. The molecule has 16 heavy (non-hydrogen) atoms. The molecule has 0 fully saturated rings. The number of hydrogen-bond acceptors (Lipinski definition) is 3. The first-order valence-electron chi connectivity index (χ1n) is 4.73. The lowest BCUT2D eigenvalue weighted by Crippen LogP contribution is -2.35. The van der Waals surface area contributed by atoms with Crippen molar-refractivity contribution in [2.75, 3.05) is 0 Å². The smallest absolute Gasteiger partial charge is 0.229 e. The van der Waals surface area contributed by atoms with Gasteiger partial charge in [0.1, 0.15) is 5.15 Å². The number of carbonyl (C=O) groups excluding carboxylic acids is 1. The van der Waals surface area contributed by atoms with Gasteiger partial charge in [-0.15, -0.1) is 0 Å². The molecule has 0 aliphatic carbocycles. The molecule has 2 N–H and O–H groups in total. The van der Waals surface area contributed by atoms with E-state index in [1.807, 2.05) is 0 Å². The quantitative estimate of drug-likeness (QED) is 0.853. The maximum Gasteiger partial charge on any atom is 0.229 e. The first-order chi connectivity index (χ1) is 7.41. The first-order valence-corrected chi connectivity index (χ1v) is 5.11. The molecule has 0 aliphatic heterocycles. The molecule has 0 radical (unpaired) electrons. The third-order valence-electron chi connectivity index (χ3n) is 2.54. The van der Waals surface area contributed by atoms with Gasteiger partial charge >= 0.3 is 0 Å². The Morgan fingerprint density at radius 3 is 2.81 bits per heavy atom. The summed E-state index contributed by atoms with van der Waals surface area (Å²) in [6.07, 6.45) is 1.66. The van der Waals surface area contributed by atoms with Crippen LogP contribution in [-0.4, -0.2) is 20.5 Å². The van der Waals surface area contributed by atoms with Gasteiger partial charge in [0.2, 0.25) is 5.91 Å². The lowest BCUT2D eigenvalue weighted by atomic mass is 9.89. The fourth-order valence-electron chi connectivity index (χ4n) is 1.29. The molecule has 0 saturated carbocycles. The summed E-state index contributed by atoms with van der Waals surface area (Å²) in [6.45, 7) is 3.44. The van der Waals surface area contributed by atoms with Crippen LogP contribution in [0.15, 0.2) is 18.3 Å². The summed E-state index contributed by atoms with van der Waals surface area (Å²) in [7, 11) is 0. The molecular formula is C10H11ClN4O. The number of nitrogens with zero attached hydrogens (tertiary/aromatic N) is 3. The Labute approximate surface area is 97.2 Å². The van der Waals surface area contributed by atoms with E-state index in [0.29, 0.717) is 16.5 Å². The number of rotatable bonds is 2. The number of amides is 1. The molecule has 2 heterocycles. The van der Waals surface area contributed by atoms with E-state index in [2.05, 4.69) is 10.1 Å². The second-order valence-corrected chi connectivity index (χ2v) is 4.46. The van der Waals surface area contributed by atoms with Crippen LogP contribution in [0, 0.1) is 0 Å². The van der Waals surface area contributed by atoms with Crippen LogP contribution < -0.4 is 5.73 Å². The van der Waals surface area contributed by atoms with Crippen molar-refractivity contribution in [1.29, 1.82) is 0 Å². The van der Waals surface area contributed by atoms with E-state index in [1.165, 1.54) is 4.52 Å². The Hall–Kier alpha value is -1.62. The largest absolute Gasteiger partial charge is 0.369 e. The second-order valence-electron chi connectivity index (χ2n) is 4.07. The van der Waals surface area contributed by atoms with Crippen LogP contribution in [0.2, 0.25) is 5.15 Å². The number of nitrogens with two attached hydrogens (primary N) is 1. The fourth-order valence-corrected chi connectivity index (χ4v) is 1.43. The Morgan fingerprint density at radius 2 is 2.19 bits per heavy atom. The van der Waals surface area contributed by atoms with Gasteiger partial charge in [-0.2, -0.15) is 5.10 Å². The Kier molecular flexibility index (Phi) is 2.35. The zero-order valence-corrected chi connectivity index (χ0v) is 9.69. The molecule has 6 heteroatoms. The standard InChI is InChI=1S/C10H11ClN4O/c1-10(2,9(12)16)6-5-15-8(13-6)4-3-7(11)14-15/h3-5H,1-2H3,(H2,12,16). The van der Waals surface area contributed by atoms with Crippen molar-refractivity contribution in [3.05, 3.63) is 29.2 Å². The highest BCUT2D eigenvalue weighted by Gasteiger charge is 2.30. The molecule has 0 atom stereocenters. The van der Waals surface area contributed by atoms with Gasteiger partial charge in [-0.1, -0.05) is 11.6 Å². The zero-order valence-electron chi connectivity index (χ0n) is 8.94. The summed E-state index contributed by atoms with van der Waals surface area (Å²) in [6, 6.07) is 3.38. The average Bonchev–Trinajstić information content (AvgIpc) is 2.60. The highest BCUT2D eigenvalue weighted by molar-refractivity contribution is 6.29. The minimum atomic E-state index is -0.819. The molecule has 0 aromatic carbocycles. The summed E-state index contributed by atoms with van der Waals surface area (Å²) in [5.41, 5.74) is 5.71. The lowest BCUT2D eigenvalue weighted by Gasteiger charge is -2.16. The summed E-state index contributed by atoms with van der Waals surface area (Å²) < 4.78 is 1.53. The zero-order chi connectivity index (χ0) is 11.9. The van der Waals surface area contributed by atoms with E-state index in [9.17, 15) is 4.79 Å². The van der Waals surface area contributed by atoms with Crippen molar-refractivity contribution in [1.82, 2.24) is 14.6 Å². The van der Waals surface area contributed by atoms with Gasteiger partial charge in [-0.05, 0) is 26.0 Å². The summed E-state index contributed by atoms with van der Waals surface area (Å²) in [5, 5.41) is 4.41. The summed E-state index contributed by atoms with van der Waals surface area (Å²) in [4.78, 5) is 15.6. The number of halogens is 1. The molecule has 0 saturated heterocycles. The second kappa shape index (κ2) is 3.45. The number of fused-ring (bicyclic) bond motifs is 1. The highest BCUT2D eigenvalue weighted by Crippen LogP contribution is 2.22. The Balaban J connectivity index is 2.59. The van der Waals surface area contributed by atoms with Crippen LogP contribution in [-0.2, 0) is 10.2 Å². The monoisotopic (exact) mass is 238 g/mol. The molecule has 0 aliphatic rings. The minimum Gasteiger partial charge on any atom is -0.369 e. The minimum absolute atomic E-state index is 0.369. The molecular weight excluding hydrogens is 228 g/mol. The van der Waals surface area contributed by atoms with Gasteiger partial charge in [-0.25, -0.2) is 9.50 Å². The average molecular weight is 239 g/mol. The van der Waals surface area contributed by atoms with E-state index < -0.39 is 11.3 Å². The maximum atomic E-state index is 11.3. The molecule has 0 unspecified atom stereocenters. The van der Waals surface area contributed by atoms with Gasteiger partial charge < -0.3 is 5.73 Å². The first kappa shape index (κ1) is 10.9. The van der Waals surface area contributed by atoms with Crippen molar-refractivity contribution in [3.8, 4) is 0 Å². The van der Waals surface area contributed by atoms with Crippen LogP contribution in [0.1, 0.15) is 19.5 Å². The van der Waals surface area contributed by atoms with Crippen molar-refractivity contribution >= 4 is 23.2 Å².